The second-order valence-corrected chi connectivity index (χ2v) is 7.97. The van der Waals surface area contributed by atoms with Gasteiger partial charge in [0.05, 0.1) is 5.56 Å². The van der Waals surface area contributed by atoms with Crippen LogP contribution in [0.25, 0.3) is 5.00 Å². The molecule has 0 aliphatic heterocycles. The van der Waals surface area contributed by atoms with Crippen molar-refractivity contribution in [2.45, 2.75) is 52.0 Å². The molecule has 0 aromatic carbocycles. The summed E-state index contributed by atoms with van der Waals surface area (Å²) in [6, 6.07) is 3.17. The summed E-state index contributed by atoms with van der Waals surface area (Å²) < 4.78 is 7.15. The van der Waals surface area contributed by atoms with Crippen LogP contribution in [-0.2, 0) is 22.4 Å². The minimum Gasteiger partial charge on any atom is -0.452 e. The van der Waals surface area contributed by atoms with Crippen LogP contribution in [0.5, 0.6) is 0 Å². The van der Waals surface area contributed by atoms with Crippen molar-refractivity contribution in [2.24, 2.45) is 0 Å². The molecule has 0 radical (unpaired) electrons. The number of rotatable bonds is 6. The number of aromatic nitrogens is 1. The number of hydrogen-bond donors (Lipinski definition) is 2. The van der Waals surface area contributed by atoms with Gasteiger partial charge in [-0.2, -0.15) is 0 Å². The monoisotopic (exact) mass is 403 g/mol. The van der Waals surface area contributed by atoms with E-state index in [0.29, 0.717) is 5.56 Å². The van der Waals surface area contributed by atoms with E-state index < -0.39 is 24.5 Å². The summed E-state index contributed by atoms with van der Waals surface area (Å²) in [7, 11) is 0. The van der Waals surface area contributed by atoms with Crippen LogP contribution in [-0.4, -0.2) is 35.1 Å². The van der Waals surface area contributed by atoms with Crippen molar-refractivity contribution in [3.63, 3.8) is 0 Å². The number of esters is 1. The predicted octanol–water partition coefficient (Wildman–Crippen LogP) is 3.20. The molecule has 3 rings (SSSR count). The molecule has 1 aliphatic carbocycles. The number of carbonyl (C=O) groups excluding carboxylic acids is 3. The lowest BCUT2D eigenvalue weighted by Gasteiger charge is -2.13. The van der Waals surface area contributed by atoms with Gasteiger partial charge < -0.3 is 14.6 Å². The Hall–Kier alpha value is -2.61. The molecule has 7 nitrogen and oxygen atoms in total. The van der Waals surface area contributed by atoms with Gasteiger partial charge in [-0.3, -0.25) is 10.1 Å². The number of carbonyl (C=O) groups is 3. The van der Waals surface area contributed by atoms with Crippen molar-refractivity contribution in [3.05, 3.63) is 40.5 Å². The van der Waals surface area contributed by atoms with Crippen LogP contribution in [0.1, 0.15) is 53.9 Å². The van der Waals surface area contributed by atoms with Gasteiger partial charge >= 0.3 is 12.0 Å². The molecule has 0 saturated carbocycles. The van der Waals surface area contributed by atoms with E-state index >= 15 is 0 Å². The third kappa shape index (κ3) is 4.62. The molecule has 0 unspecified atom stereocenters. The molecule has 1 atom stereocenters. The molecule has 0 saturated heterocycles. The first kappa shape index (κ1) is 20.1. The number of thiophene rings is 1. The largest absolute Gasteiger partial charge is 0.452 e. The molecule has 3 amide bonds. The molecule has 2 heterocycles. The lowest BCUT2D eigenvalue weighted by Crippen LogP contribution is -2.44. The van der Waals surface area contributed by atoms with Crippen molar-refractivity contribution in [1.29, 1.82) is 0 Å². The van der Waals surface area contributed by atoms with E-state index in [1.807, 2.05) is 42.9 Å². The van der Waals surface area contributed by atoms with Gasteiger partial charge in [0.2, 0.25) is 0 Å². The van der Waals surface area contributed by atoms with E-state index in [1.165, 1.54) is 4.88 Å². The number of amides is 3. The highest BCUT2D eigenvalue weighted by molar-refractivity contribution is 7.15. The van der Waals surface area contributed by atoms with Crippen LogP contribution in [0.15, 0.2) is 24.5 Å². The van der Waals surface area contributed by atoms with Crippen LogP contribution in [0.2, 0.25) is 0 Å². The van der Waals surface area contributed by atoms with E-state index in [1.54, 1.807) is 11.3 Å². The van der Waals surface area contributed by atoms with Gasteiger partial charge in [-0.05, 0) is 56.7 Å². The van der Waals surface area contributed by atoms with Gasteiger partial charge in [0.15, 0.2) is 6.61 Å². The third-order valence-electron chi connectivity index (χ3n) is 4.77. The lowest BCUT2D eigenvalue weighted by molar-refractivity contribution is -0.123. The Morgan fingerprint density at radius 3 is 2.64 bits per heavy atom. The van der Waals surface area contributed by atoms with Crippen molar-refractivity contribution in [2.75, 3.05) is 6.61 Å². The Kier molecular flexibility index (Phi) is 6.51. The zero-order valence-corrected chi connectivity index (χ0v) is 16.9. The molecular formula is C20H25N3O4S. The van der Waals surface area contributed by atoms with Crippen LogP contribution < -0.4 is 10.6 Å². The van der Waals surface area contributed by atoms with Crippen molar-refractivity contribution in [1.82, 2.24) is 15.2 Å². The van der Waals surface area contributed by atoms with Crippen LogP contribution in [0, 0.1) is 0 Å². The molecule has 1 aliphatic rings. The maximum absolute atomic E-state index is 12.8. The fourth-order valence-corrected chi connectivity index (χ4v) is 4.48. The minimum absolute atomic E-state index is 0.0446. The third-order valence-corrected chi connectivity index (χ3v) is 6.08. The zero-order chi connectivity index (χ0) is 20.1. The van der Waals surface area contributed by atoms with Crippen molar-refractivity contribution >= 4 is 29.2 Å². The average molecular weight is 404 g/mol. The summed E-state index contributed by atoms with van der Waals surface area (Å²) in [4.78, 5) is 37.7. The van der Waals surface area contributed by atoms with Crippen LogP contribution >= 0.6 is 11.3 Å². The van der Waals surface area contributed by atoms with Crippen molar-refractivity contribution in [3.8, 4) is 5.00 Å². The van der Waals surface area contributed by atoms with Gasteiger partial charge in [-0.15, -0.1) is 11.3 Å². The molecule has 28 heavy (non-hydrogen) atoms. The fourth-order valence-electron chi connectivity index (χ4n) is 3.14. The van der Waals surface area contributed by atoms with E-state index in [2.05, 4.69) is 10.6 Å². The Labute approximate surface area is 168 Å². The van der Waals surface area contributed by atoms with E-state index in [0.717, 1.165) is 42.7 Å². The standard InChI is InChI=1S/C20H25N3O4S/c1-3-13(2)21-20(26)22-16(24)12-27-19(25)17-14-8-4-5-9-15(14)28-18(17)23-10-6-7-11-23/h6-7,10-11,13H,3-5,8-9,12H2,1-2H3,(H2,21,22,24,26)/t13-/m0/s1. The smallest absolute Gasteiger partial charge is 0.341 e. The van der Waals surface area contributed by atoms with Crippen LogP contribution in [0.4, 0.5) is 4.79 Å². The molecule has 0 fully saturated rings. The Bertz CT molecular complexity index is 857. The molecule has 2 aromatic heterocycles. The number of nitrogens with one attached hydrogen (secondary N) is 2. The SMILES string of the molecule is CC[C@H](C)NC(=O)NC(=O)COC(=O)c1c(-n2cccc2)sc2c1CCCC2. The molecule has 2 N–H and O–H groups in total. The van der Waals surface area contributed by atoms with Gasteiger partial charge in [-0.25, -0.2) is 9.59 Å². The average Bonchev–Trinajstić information content (AvgIpc) is 3.33. The summed E-state index contributed by atoms with van der Waals surface area (Å²) >= 11 is 1.60. The highest BCUT2D eigenvalue weighted by Gasteiger charge is 2.27. The van der Waals surface area contributed by atoms with E-state index in [-0.39, 0.29) is 6.04 Å². The number of fused-ring (bicyclic) bond motifs is 1. The molecule has 150 valence electrons. The Balaban J connectivity index is 1.68. The summed E-state index contributed by atoms with van der Waals surface area (Å²) in [5, 5.41) is 5.63. The number of hydrogen-bond acceptors (Lipinski definition) is 5. The first-order valence-corrected chi connectivity index (χ1v) is 10.4. The summed E-state index contributed by atoms with van der Waals surface area (Å²) in [6.45, 7) is 3.27. The predicted molar refractivity (Wildman–Crippen MR) is 107 cm³/mol. The van der Waals surface area contributed by atoms with E-state index in [4.69, 9.17) is 4.74 Å². The molecule has 0 bridgehead atoms. The first-order valence-electron chi connectivity index (χ1n) is 9.55. The molecule has 8 heteroatoms. The van der Waals surface area contributed by atoms with Gasteiger partial charge in [0.25, 0.3) is 5.91 Å². The summed E-state index contributed by atoms with van der Waals surface area (Å²) in [5.74, 6) is -1.18. The number of imide groups is 1. The number of aryl methyl sites for hydroxylation is 1. The van der Waals surface area contributed by atoms with E-state index in [9.17, 15) is 14.4 Å². The quantitative estimate of drug-likeness (QED) is 0.725. The van der Waals surface area contributed by atoms with Gasteiger partial charge in [-0.1, -0.05) is 6.92 Å². The van der Waals surface area contributed by atoms with Gasteiger partial charge in [0, 0.05) is 23.3 Å². The summed E-state index contributed by atoms with van der Waals surface area (Å²) in [5.41, 5.74) is 1.56. The molecular weight excluding hydrogens is 378 g/mol. The number of urea groups is 1. The first-order chi connectivity index (χ1) is 13.5. The number of ether oxygens (including phenoxy) is 1. The van der Waals surface area contributed by atoms with Crippen LogP contribution in [0.3, 0.4) is 0 Å². The normalized spacial score (nSPS) is 14.1. The van der Waals surface area contributed by atoms with Gasteiger partial charge in [0.1, 0.15) is 5.00 Å². The lowest BCUT2D eigenvalue weighted by atomic mass is 9.95. The maximum atomic E-state index is 12.8. The fraction of sp³-hybridized carbons (Fsp3) is 0.450. The Morgan fingerprint density at radius 2 is 1.93 bits per heavy atom. The van der Waals surface area contributed by atoms with Crippen molar-refractivity contribution < 1.29 is 19.1 Å². The second-order valence-electron chi connectivity index (χ2n) is 6.89. The second kappa shape index (κ2) is 9.05. The topological polar surface area (TPSA) is 89.4 Å². The highest BCUT2D eigenvalue weighted by atomic mass is 32.1. The molecule has 0 spiro atoms. The number of nitrogens with zero attached hydrogens (tertiary/aromatic N) is 1. The highest BCUT2D eigenvalue weighted by Crippen LogP contribution is 2.37. The zero-order valence-electron chi connectivity index (χ0n) is 16.1. The maximum Gasteiger partial charge on any atom is 0.341 e. The Morgan fingerprint density at radius 1 is 1.21 bits per heavy atom. The summed E-state index contributed by atoms with van der Waals surface area (Å²) in [6.07, 6.45) is 8.47. The molecule has 2 aromatic rings. The minimum atomic E-state index is -0.652.